The van der Waals surface area contributed by atoms with Gasteiger partial charge in [0, 0.05) is 6.42 Å². The predicted octanol–water partition coefficient (Wildman–Crippen LogP) is 5.34. The molecule has 0 bridgehead atoms. The molecule has 0 atom stereocenters. The van der Waals surface area contributed by atoms with Gasteiger partial charge in [-0.05, 0) is 30.2 Å². The Balaban J connectivity index is 2.10. The van der Waals surface area contributed by atoms with Gasteiger partial charge >= 0.3 is 0 Å². The Kier molecular flexibility index (Phi) is 4.18. The Hall–Kier alpha value is -1.51. The van der Waals surface area contributed by atoms with Crippen LogP contribution >= 0.6 is 23.2 Å². The lowest BCUT2D eigenvalue weighted by Gasteiger charge is -2.11. The summed E-state index contributed by atoms with van der Waals surface area (Å²) in [6.45, 7) is 2.85. The fourth-order valence-corrected chi connectivity index (χ4v) is 2.94. The van der Waals surface area contributed by atoms with Gasteiger partial charge in [0.15, 0.2) is 0 Å². The third-order valence-corrected chi connectivity index (χ3v) is 4.43. The third kappa shape index (κ3) is 2.78. The summed E-state index contributed by atoms with van der Waals surface area (Å²) < 4.78 is 2.23. The molecule has 1 heterocycles. The largest absolute Gasteiger partial charge is 0.323 e. The minimum Gasteiger partial charge on any atom is -0.323 e. The maximum absolute atomic E-state index is 6.33. The first kappa shape index (κ1) is 14.4. The van der Waals surface area contributed by atoms with Crippen LogP contribution in [0.1, 0.15) is 24.7 Å². The van der Waals surface area contributed by atoms with Gasteiger partial charge in [-0.15, -0.1) is 0 Å². The second-order valence-electron chi connectivity index (χ2n) is 5.07. The SMILES string of the molecule is CCCc1nc2ccccc2n1Cc1cccc(Cl)c1Cl. The van der Waals surface area contributed by atoms with E-state index in [1.165, 1.54) is 0 Å². The molecule has 0 aliphatic rings. The van der Waals surface area contributed by atoms with E-state index >= 15 is 0 Å². The molecule has 0 radical (unpaired) electrons. The summed E-state index contributed by atoms with van der Waals surface area (Å²) >= 11 is 12.4. The van der Waals surface area contributed by atoms with Gasteiger partial charge in [0.25, 0.3) is 0 Å². The summed E-state index contributed by atoms with van der Waals surface area (Å²) in [5.41, 5.74) is 3.18. The molecule has 3 rings (SSSR count). The van der Waals surface area contributed by atoms with Crippen LogP contribution in [0, 0.1) is 0 Å². The zero-order chi connectivity index (χ0) is 14.8. The zero-order valence-electron chi connectivity index (χ0n) is 11.8. The minimum atomic E-state index is 0.593. The molecular weight excluding hydrogens is 303 g/mol. The average Bonchev–Trinajstić information content (AvgIpc) is 2.82. The minimum absolute atomic E-state index is 0.593. The number of benzene rings is 2. The quantitative estimate of drug-likeness (QED) is 0.634. The highest BCUT2D eigenvalue weighted by atomic mass is 35.5. The number of nitrogens with zero attached hydrogens (tertiary/aromatic N) is 2. The normalized spacial score (nSPS) is 11.2. The van der Waals surface area contributed by atoms with Crippen LogP contribution < -0.4 is 0 Å². The van der Waals surface area contributed by atoms with Crippen molar-refractivity contribution in [2.75, 3.05) is 0 Å². The van der Waals surface area contributed by atoms with E-state index in [1.807, 2.05) is 36.4 Å². The highest BCUT2D eigenvalue weighted by Gasteiger charge is 2.12. The molecule has 4 heteroatoms. The van der Waals surface area contributed by atoms with Crippen LogP contribution in [0.15, 0.2) is 42.5 Å². The van der Waals surface area contributed by atoms with Crippen molar-refractivity contribution in [2.24, 2.45) is 0 Å². The molecule has 0 amide bonds. The Morgan fingerprint density at radius 3 is 2.67 bits per heavy atom. The van der Waals surface area contributed by atoms with Crippen molar-refractivity contribution in [2.45, 2.75) is 26.3 Å². The van der Waals surface area contributed by atoms with Gasteiger partial charge in [0.2, 0.25) is 0 Å². The van der Waals surface area contributed by atoms with Gasteiger partial charge in [0.05, 0.1) is 27.6 Å². The fourth-order valence-electron chi connectivity index (χ4n) is 2.56. The van der Waals surface area contributed by atoms with Crippen molar-refractivity contribution in [3.05, 3.63) is 63.9 Å². The number of rotatable bonds is 4. The standard InChI is InChI=1S/C17H16Cl2N2/c1-2-6-16-20-14-9-3-4-10-15(14)21(16)11-12-7-5-8-13(18)17(12)19/h3-5,7-10H,2,6,11H2,1H3. The third-order valence-electron chi connectivity index (χ3n) is 3.57. The molecule has 3 aromatic rings. The molecule has 0 saturated carbocycles. The van der Waals surface area contributed by atoms with Crippen LogP contribution in [0.4, 0.5) is 0 Å². The summed E-state index contributed by atoms with van der Waals surface area (Å²) in [7, 11) is 0. The molecule has 21 heavy (non-hydrogen) atoms. The highest BCUT2D eigenvalue weighted by molar-refractivity contribution is 6.42. The zero-order valence-corrected chi connectivity index (χ0v) is 13.3. The Bertz CT molecular complexity index is 778. The van der Waals surface area contributed by atoms with Crippen LogP contribution in [-0.2, 0) is 13.0 Å². The number of imidazole rings is 1. The molecule has 0 unspecified atom stereocenters. The lowest BCUT2D eigenvalue weighted by molar-refractivity contribution is 0.722. The first-order chi connectivity index (χ1) is 10.2. The van der Waals surface area contributed by atoms with E-state index in [4.69, 9.17) is 28.2 Å². The van der Waals surface area contributed by atoms with Crippen LogP contribution in [0.25, 0.3) is 11.0 Å². The fraction of sp³-hybridized carbons (Fsp3) is 0.235. The van der Waals surface area contributed by atoms with Crippen molar-refractivity contribution >= 4 is 34.2 Å². The molecule has 0 aliphatic carbocycles. The predicted molar refractivity (Wildman–Crippen MR) is 89.3 cm³/mol. The molecule has 0 spiro atoms. The van der Waals surface area contributed by atoms with Crippen molar-refractivity contribution < 1.29 is 0 Å². The van der Waals surface area contributed by atoms with Gasteiger partial charge in [0.1, 0.15) is 5.82 Å². The lowest BCUT2D eigenvalue weighted by atomic mass is 10.2. The van der Waals surface area contributed by atoms with Crippen molar-refractivity contribution in [1.82, 2.24) is 9.55 Å². The van der Waals surface area contributed by atoms with Crippen LogP contribution in [-0.4, -0.2) is 9.55 Å². The maximum atomic E-state index is 6.33. The molecular formula is C17H16Cl2N2. The smallest absolute Gasteiger partial charge is 0.110 e. The highest BCUT2D eigenvalue weighted by Crippen LogP contribution is 2.28. The van der Waals surface area contributed by atoms with Crippen LogP contribution in [0.5, 0.6) is 0 Å². The summed E-state index contributed by atoms with van der Waals surface area (Å²) in [6.07, 6.45) is 2.01. The van der Waals surface area contributed by atoms with Crippen molar-refractivity contribution in [3.8, 4) is 0 Å². The number of aryl methyl sites for hydroxylation is 1. The molecule has 0 aliphatic heterocycles. The molecule has 0 saturated heterocycles. The number of para-hydroxylation sites is 2. The van der Waals surface area contributed by atoms with Gasteiger partial charge in [-0.1, -0.05) is 54.4 Å². The van der Waals surface area contributed by atoms with E-state index in [2.05, 4.69) is 17.6 Å². The van der Waals surface area contributed by atoms with Gasteiger partial charge in [-0.3, -0.25) is 0 Å². The van der Waals surface area contributed by atoms with Crippen molar-refractivity contribution in [3.63, 3.8) is 0 Å². The number of fused-ring (bicyclic) bond motifs is 1. The van der Waals surface area contributed by atoms with E-state index in [1.54, 1.807) is 0 Å². The molecule has 2 nitrogen and oxygen atoms in total. The molecule has 1 aromatic heterocycles. The van der Waals surface area contributed by atoms with E-state index in [0.29, 0.717) is 16.6 Å². The number of hydrogen-bond donors (Lipinski definition) is 0. The second-order valence-corrected chi connectivity index (χ2v) is 5.85. The first-order valence-corrected chi connectivity index (χ1v) is 7.83. The van der Waals surface area contributed by atoms with Gasteiger partial charge in [-0.25, -0.2) is 4.98 Å². The second kappa shape index (κ2) is 6.08. The van der Waals surface area contributed by atoms with E-state index < -0.39 is 0 Å². The molecule has 2 aromatic carbocycles. The van der Waals surface area contributed by atoms with Gasteiger partial charge in [-0.2, -0.15) is 0 Å². The summed E-state index contributed by atoms with van der Waals surface area (Å²) in [4.78, 5) is 4.74. The van der Waals surface area contributed by atoms with Crippen molar-refractivity contribution in [1.29, 1.82) is 0 Å². The first-order valence-electron chi connectivity index (χ1n) is 7.07. The average molecular weight is 319 g/mol. The molecule has 0 fully saturated rings. The summed E-state index contributed by atoms with van der Waals surface area (Å²) in [5.74, 6) is 1.09. The number of halogens is 2. The molecule has 0 N–H and O–H groups in total. The Morgan fingerprint density at radius 1 is 1.05 bits per heavy atom. The Morgan fingerprint density at radius 2 is 1.86 bits per heavy atom. The maximum Gasteiger partial charge on any atom is 0.110 e. The van der Waals surface area contributed by atoms with Crippen LogP contribution in [0.2, 0.25) is 10.0 Å². The lowest BCUT2D eigenvalue weighted by Crippen LogP contribution is -2.05. The van der Waals surface area contributed by atoms with Gasteiger partial charge < -0.3 is 4.57 Å². The van der Waals surface area contributed by atoms with Crippen LogP contribution in [0.3, 0.4) is 0 Å². The van der Waals surface area contributed by atoms with E-state index in [9.17, 15) is 0 Å². The number of hydrogen-bond acceptors (Lipinski definition) is 1. The monoisotopic (exact) mass is 318 g/mol. The number of aromatic nitrogens is 2. The molecule has 108 valence electrons. The van der Waals surface area contributed by atoms with E-state index in [0.717, 1.165) is 35.3 Å². The Labute approximate surface area is 134 Å². The topological polar surface area (TPSA) is 17.8 Å². The van der Waals surface area contributed by atoms with E-state index in [-0.39, 0.29) is 0 Å². The summed E-state index contributed by atoms with van der Waals surface area (Å²) in [5, 5.41) is 1.22. The summed E-state index contributed by atoms with van der Waals surface area (Å²) in [6, 6.07) is 14.0.